The minimum atomic E-state index is -0.168. The molecular weight excluding hydrogens is 464 g/mol. The smallest absolute Gasteiger partial charge is 0.254 e. The van der Waals surface area contributed by atoms with Gasteiger partial charge >= 0.3 is 0 Å². The molecule has 1 fully saturated rings. The van der Waals surface area contributed by atoms with Crippen molar-refractivity contribution in [3.05, 3.63) is 95.7 Å². The number of anilines is 1. The van der Waals surface area contributed by atoms with Gasteiger partial charge < -0.3 is 15.0 Å². The Kier molecular flexibility index (Phi) is 6.82. The van der Waals surface area contributed by atoms with Crippen molar-refractivity contribution in [3.8, 4) is 17.7 Å². The third-order valence-electron chi connectivity index (χ3n) is 6.73. The molecule has 0 atom stereocenters. The molecule has 184 valence electrons. The van der Waals surface area contributed by atoms with E-state index in [1.807, 2.05) is 54.3 Å². The second-order valence-electron chi connectivity index (χ2n) is 9.13. The number of amides is 2. The average Bonchev–Trinajstić information content (AvgIpc) is 2.94. The van der Waals surface area contributed by atoms with Crippen LogP contribution in [-0.4, -0.2) is 34.8 Å². The fourth-order valence-electron chi connectivity index (χ4n) is 4.67. The standard InChI is InChI=1S/C30H26N4O3/c1-20-18-24(37-29-23(19-31)8-5-15-32-29)11-12-27(20)33-28(35)22-13-16-34(17-14-22)30(36)26-10-4-7-21-6-2-3-9-25(21)26/h2-12,15,18,22H,13-14,16-17H2,1H3,(H,33,35). The van der Waals surface area contributed by atoms with Crippen LogP contribution in [0.25, 0.3) is 10.8 Å². The minimum Gasteiger partial charge on any atom is -0.438 e. The Hall–Kier alpha value is -4.70. The zero-order valence-electron chi connectivity index (χ0n) is 20.5. The number of nitrogens with zero attached hydrogens (tertiary/aromatic N) is 3. The number of carbonyl (C=O) groups excluding carboxylic acids is 2. The fourth-order valence-corrected chi connectivity index (χ4v) is 4.67. The Balaban J connectivity index is 1.20. The zero-order chi connectivity index (χ0) is 25.8. The summed E-state index contributed by atoms with van der Waals surface area (Å²) < 4.78 is 5.77. The lowest BCUT2D eigenvalue weighted by Crippen LogP contribution is -2.41. The molecule has 2 amide bonds. The number of hydrogen-bond acceptors (Lipinski definition) is 5. The molecule has 0 spiro atoms. The van der Waals surface area contributed by atoms with E-state index in [0.717, 1.165) is 16.3 Å². The molecule has 5 rings (SSSR count). The topological polar surface area (TPSA) is 95.3 Å². The highest BCUT2D eigenvalue weighted by Gasteiger charge is 2.28. The molecule has 1 saturated heterocycles. The Labute approximate surface area is 215 Å². The van der Waals surface area contributed by atoms with Crippen LogP contribution in [0, 0.1) is 24.2 Å². The van der Waals surface area contributed by atoms with E-state index in [0.29, 0.717) is 48.5 Å². The molecule has 2 heterocycles. The molecule has 1 aliphatic heterocycles. The Morgan fingerprint density at radius 1 is 1.03 bits per heavy atom. The number of benzene rings is 3. The summed E-state index contributed by atoms with van der Waals surface area (Å²) in [6, 6.07) is 24.4. The lowest BCUT2D eigenvalue weighted by atomic mass is 9.94. The van der Waals surface area contributed by atoms with Crippen molar-refractivity contribution < 1.29 is 14.3 Å². The first kappa shape index (κ1) is 24.0. The average molecular weight is 491 g/mol. The molecule has 1 aromatic heterocycles. The van der Waals surface area contributed by atoms with Crippen LogP contribution < -0.4 is 10.1 Å². The summed E-state index contributed by atoms with van der Waals surface area (Å²) in [5, 5.41) is 14.2. The highest BCUT2D eigenvalue weighted by Crippen LogP contribution is 2.28. The van der Waals surface area contributed by atoms with Gasteiger partial charge in [-0.1, -0.05) is 36.4 Å². The van der Waals surface area contributed by atoms with Crippen LogP contribution in [0.4, 0.5) is 5.69 Å². The zero-order valence-corrected chi connectivity index (χ0v) is 20.5. The highest BCUT2D eigenvalue weighted by atomic mass is 16.5. The van der Waals surface area contributed by atoms with Gasteiger partial charge in [-0.25, -0.2) is 4.98 Å². The molecule has 3 aromatic carbocycles. The van der Waals surface area contributed by atoms with E-state index < -0.39 is 0 Å². The van der Waals surface area contributed by atoms with Crippen LogP contribution in [0.1, 0.15) is 34.3 Å². The van der Waals surface area contributed by atoms with Gasteiger partial charge in [0.15, 0.2) is 0 Å². The number of ether oxygens (including phenoxy) is 1. The quantitative estimate of drug-likeness (QED) is 0.387. The lowest BCUT2D eigenvalue weighted by Gasteiger charge is -2.31. The van der Waals surface area contributed by atoms with E-state index in [1.165, 1.54) is 0 Å². The third-order valence-corrected chi connectivity index (χ3v) is 6.73. The van der Waals surface area contributed by atoms with Gasteiger partial charge in [0.2, 0.25) is 11.8 Å². The Morgan fingerprint density at radius 2 is 1.81 bits per heavy atom. The van der Waals surface area contributed by atoms with Crippen LogP contribution in [-0.2, 0) is 4.79 Å². The number of aromatic nitrogens is 1. The minimum absolute atomic E-state index is 0.00885. The van der Waals surface area contributed by atoms with E-state index in [1.54, 1.807) is 36.5 Å². The van der Waals surface area contributed by atoms with Crippen molar-refractivity contribution in [3.63, 3.8) is 0 Å². The first-order valence-corrected chi connectivity index (χ1v) is 12.2. The number of likely N-dealkylation sites (tertiary alicyclic amines) is 1. The lowest BCUT2D eigenvalue weighted by molar-refractivity contribution is -0.121. The van der Waals surface area contributed by atoms with Gasteiger partial charge in [0.1, 0.15) is 17.4 Å². The first-order chi connectivity index (χ1) is 18.0. The van der Waals surface area contributed by atoms with Crippen LogP contribution in [0.2, 0.25) is 0 Å². The number of rotatable bonds is 5. The van der Waals surface area contributed by atoms with Crippen molar-refractivity contribution in [2.24, 2.45) is 5.92 Å². The fraction of sp³-hybridized carbons (Fsp3) is 0.200. The molecule has 1 N–H and O–H groups in total. The summed E-state index contributed by atoms with van der Waals surface area (Å²) in [6.07, 6.45) is 2.79. The third kappa shape index (κ3) is 5.14. The summed E-state index contributed by atoms with van der Waals surface area (Å²) in [4.78, 5) is 32.2. The molecular formula is C30H26N4O3. The molecule has 7 heteroatoms. The monoisotopic (exact) mass is 490 g/mol. The first-order valence-electron chi connectivity index (χ1n) is 12.2. The number of piperidine rings is 1. The predicted octanol–water partition coefficient (Wildman–Crippen LogP) is 5.70. The maximum Gasteiger partial charge on any atom is 0.254 e. The molecule has 7 nitrogen and oxygen atoms in total. The molecule has 0 unspecified atom stereocenters. The Bertz CT molecular complexity index is 1510. The van der Waals surface area contributed by atoms with Crippen LogP contribution in [0.3, 0.4) is 0 Å². The van der Waals surface area contributed by atoms with Gasteiger partial charge in [0.25, 0.3) is 5.91 Å². The number of hydrogen-bond donors (Lipinski definition) is 1. The SMILES string of the molecule is Cc1cc(Oc2ncccc2C#N)ccc1NC(=O)C1CCN(C(=O)c2cccc3ccccc23)CC1. The summed E-state index contributed by atoms with van der Waals surface area (Å²) in [5.41, 5.74) is 2.59. The summed E-state index contributed by atoms with van der Waals surface area (Å²) in [6.45, 7) is 2.96. The van der Waals surface area contributed by atoms with E-state index in [2.05, 4.69) is 16.4 Å². The number of aryl methyl sites for hydroxylation is 1. The van der Waals surface area contributed by atoms with E-state index in [9.17, 15) is 14.9 Å². The van der Waals surface area contributed by atoms with Crippen LogP contribution in [0.15, 0.2) is 79.0 Å². The molecule has 4 aromatic rings. The van der Waals surface area contributed by atoms with Crippen molar-refractivity contribution in [1.82, 2.24) is 9.88 Å². The molecule has 1 aliphatic rings. The molecule has 0 bridgehead atoms. The summed E-state index contributed by atoms with van der Waals surface area (Å²) in [7, 11) is 0. The van der Waals surface area contributed by atoms with Gasteiger partial charge in [-0.2, -0.15) is 5.26 Å². The van der Waals surface area contributed by atoms with Crippen molar-refractivity contribution in [2.75, 3.05) is 18.4 Å². The number of pyridine rings is 1. The van der Waals surface area contributed by atoms with E-state index in [4.69, 9.17) is 4.74 Å². The van der Waals surface area contributed by atoms with Crippen molar-refractivity contribution in [2.45, 2.75) is 19.8 Å². The van der Waals surface area contributed by atoms with Gasteiger partial charge in [-0.05, 0) is 72.5 Å². The van der Waals surface area contributed by atoms with Crippen LogP contribution >= 0.6 is 0 Å². The van der Waals surface area contributed by atoms with Crippen molar-refractivity contribution in [1.29, 1.82) is 5.26 Å². The number of fused-ring (bicyclic) bond motifs is 1. The van der Waals surface area contributed by atoms with Gasteiger partial charge in [-0.15, -0.1) is 0 Å². The molecule has 37 heavy (non-hydrogen) atoms. The second-order valence-corrected chi connectivity index (χ2v) is 9.13. The van der Waals surface area contributed by atoms with Crippen LogP contribution in [0.5, 0.6) is 11.6 Å². The summed E-state index contributed by atoms with van der Waals surface area (Å²) in [5.74, 6) is 0.565. The maximum absolute atomic E-state index is 13.2. The van der Waals surface area contributed by atoms with Gasteiger partial charge in [-0.3, -0.25) is 9.59 Å². The largest absolute Gasteiger partial charge is 0.438 e. The van der Waals surface area contributed by atoms with Gasteiger partial charge in [0, 0.05) is 36.5 Å². The van der Waals surface area contributed by atoms with Gasteiger partial charge in [0.05, 0.1) is 0 Å². The predicted molar refractivity (Wildman–Crippen MR) is 141 cm³/mol. The number of carbonyl (C=O) groups is 2. The number of nitrogens with one attached hydrogen (secondary N) is 1. The number of nitriles is 1. The highest BCUT2D eigenvalue weighted by molar-refractivity contribution is 6.07. The second kappa shape index (κ2) is 10.5. The maximum atomic E-state index is 13.2. The summed E-state index contributed by atoms with van der Waals surface area (Å²) >= 11 is 0. The molecule has 0 saturated carbocycles. The van der Waals surface area contributed by atoms with E-state index >= 15 is 0 Å². The van der Waals surface area contributed by atoms with E-state index in [-0.39, 0.29) is 23.6 Å². The molecule has 0 aliphatic carbocycles. The Morgan fingerprint density at radius 3 is 2.59 bits per heavy atom. The molecule has 0 radical (unpaired) electrons. The van der Waals surface area contributed by atoms with Crippen molar-refractivity contribution >= 4 is 28.3 Å². The normalized spacial score (nSPS) is 13.7.